The van der Waals surface area contributed by atoms with Crippen LogP contribution in [0, 0.1) is 0 Å². The quantitative estimate of drug-likeness (QED) is 0.726. The van der Waals surface area contributed by atoms with Gasteiger partial charge in [-0.2, -0.15) is 0 Å². The molecule has 128 valence electrons. The fraction of sp³-hybridized carbons (Fsp3) is 0.0588. The molecule has 1 heterocycles. The van der Waals surface area contributed by atoms with Crippen molar-refractivity contribution in [1.82, 2.24) is 4.98 Å². The summed E-state index contributed by atoms with van der Waals surface area (Å²) in [5.74, 6) is -1.10. The van der Waals surface area contributed by atoms with Gasteiger partial charge in [-0.15, -0.1) is 0 Å². The molecule has 2 N–H and O–H groups in total. The molecule has 3 rings (SSSR count). The molecule has 0 aliphatic rings. The monoisotopic (exact) mass is 358 g/mol. The van der Waals surface area contributed by atoms with Crippen molar-refractivity contribution in [3.8, 4) is 5.75 Å². The van der Waals surface area contributed by atoms with Crippen LogP contribution in [-0.4, -0.2) is 31.6 Å². The Morgan fingerprint density at radius 2 is 1.92 bits per heavy atom. The fourth-order valence-electron chi connectivity index (χ4n) is 2.43. The molecule has 0 atom stereocenters. The number of anilines is 1. The van der Waals surface area contributed by atoms with Gasteiger partial charge in [0.25, 0.3) is 10.0 Å². The van der Waals surface area contributed by atoms with Crippen LogP contribution in [0.3, 0.4) is 0 Å². The molecular formula is C17H14N2O5S. The zero-order valence-electron chi connectivity index (χ0n) is 13.1. The minimum absolute atomic E-state index is 0.0341. The lowest BCUT2D eigenvalue weighted by Crippen LogP contribution is -2.14. The van der Waals surface area contributed by atoms with Crippen molar-refractivity contribution in [1.29, 1.82) is 0 Å². The van der Waals surface area contributed by atoms with Gasteiger partial charge in [0.15, 0.2) is 0 Å². The van der Waals surface area contributed by atoms with Crippen LogP contribution in [0.5, 0.6) is 5.75 Å². The first-order valence-corrected chi connectivity index (χ1v) is 8.68. The Hall–Kier alpha value is -3.13. The number of carboxylic acid groups (broad SMARTS) is 1. The van der Waals surface area contributed by atoms with E-state index >= 15 is 0 Å². The Labute approximate surface area is 143 Å². The van der Waals surface area contributed by atoms with Gasteiger partial charge in [-0.1, -0.05) is 18.2 Å². The van der Waals surface area contributed by atoms with E-state index in [9.17, 15) is 13.2 Å². The van der Waals surface area contributed by atoms with Crippen LogP contribution in [-0.2, 0) is 10.0 Å². The second-order valence-electron chi connectivity index (χ2n) is 5.16. The van der Waals surface area contributed by atoms with Crippen molar-refractivity contribution < 1.29 is 23.1 Å². The number of aromatic nitrogens is 1. The van der Waals surface area contributed by atoms with Crippen LogP contribution in [0.25, 0.3) is 10.9 Å². The number of hydrogen-bond acceptors (Lipinski definition) is 5. The summed E-state index contributed by atoms with van der Waals surface area (Å²) >= 11 is 0. The average molecular weight is 358 g/mol. The molecule has 0 radical (unpaired) electrons. The van der Waals surface area contributed by atoms with Crippen molar-refractivity contribution in [3.63, 3.8) is 0 Å². The zero-order valence-corrected chi connectivity index (χ0v) is 13.9. The highest BCUT2D eigenvalue weighted by Gasteiger charge is 2.19. The number of rotatable bonds is 5. The van der Waals surface area contributed by atoms with Crippen molar-refractivity contribution in [2.24, 2.45) is 0 Å². The molecule has 0 aliphatic carbocycles. The lowest BCUT2D eigenvalue weighted by atomic mass is 10.2. The van der Waals surface area contributed by atoms with Crippen molar-refractivity contribution in [3.05, 3.63) is 60.3 Å². The van der Waals surface area contributed by atoms with Crippen LogP contribution in [0.2, 0.25) is 0 Å². The van der Waals surface area contributed by atoms with Gasteiger partial charge in [0, 0.05) is 17.6 Å². The van der Waals surface area contributed by atoms with E-state index in [1.165, 1.54) is 37.6 Å². The number of aromatic carboxylic acids is 1. The molecule has 3 aromatic rings. The van der Waals surface area contributed by atoms with Crippen molar-refractivity contribution in [2.75, 3.05) is 11.8 Å². The first kappa shape index (κ1) is 16.7. The second-order valence-corrected chi connectivity index (χ2v) is 6.81. The number of nitrogens with zero attached hydrogens (tertiary/aromatic N) is 1. The Kier molecular flexibility index (Phi) is 4.28. The molecule has 0 saturated carbocycles. The molecule has 7 nitrogen and oxygen atoms in total. The highest BCUT2D eigenvalue weighted by atomic mass is 32.2. The molecule has 0 saturated heterocycles. The third-order valence-electron chi connectivity index (χ3n) is 3.57. The Morgan fingerprint density at radius 3 is 2.64 bits per heavy atom. The second kappa shape index (κ2) is 6.40. The van der Waals surface area contributed by atoms with Crippen LogP contribution in [0.15, 0.2) is 59.6 Å². The van der Waals surface area contributed by atoms with E-state index in [0.717, 1.165) is 0 Å². The number of methoxy groups -OCH3 is 1. The third kappa shape index (κ3) is 3.24. The molecule has 0 spiro atoms. The highest BCUT2D eigenvalue weighted by Crippen LogP contribution is 2.27. The van der Waals surface area contributed by atoms with E-state index < -0.39 is 16.0 Å². The van der Waals surface area contributed by atoms with Gasteiger partial charge < -0.3 is 9.84 Å². The van der Waals surface area contributed by atoms with E-state index in [1.54, 1.807) is 24.3 Å². The van der Waals surface area contributed by atoms with Crippen LogP contribution >= 0.6 is 0 Å². The van der Waals surface area contributed by atoms with Crippen LogP contribution in [0.1, 0.15) is 10.4 Å². The van der Waals surface area contributed by atoms with Crippen LogP contribution in [0.4, 0.5) is 5.69 Å². The number of para-hydroxylation sites is 1. The fourth-order valence-corrected chi connectivity index (χ4v) is 3.66. The predicted octanol–water partition coefficient (Wildman–Crippen LogP) is 2.74. The largest absolute Gasteiger partial charge is 0.496 e. The minimum Gasteiger partial charge on any atom is -0.496 e. The van der Waals surface area contributed by atoms with Gasteiger partial charge in [0.05, 0.1) is 18.3 Å². The van der Waals surface area contributed by atoms with Gasteiger partial charge in [-0.3, -0.25) is 9.71 Å². The minimum atomic E-state index is -3.91. The van der Waals surface area contributed by atoms with E-state index in [2.05, 4.69) is 9.71 Å². The maximum absolute atomic E-state index is 12.7. The number of pyridine rings is 1. The molecule has 0 aliphatic heterocycles. The summed E-state index contributed by atoms with van der Waals surface area (Å²) < 4.78 is 32.9. The molecule has 1 aromatic heterocycles. The van der Waals surface area contributed by atoms with Crippen molar-refractivity contribution in [2.45, 2.75) is 4.90 Å². The molecule has 2 aromatic carbocycles. The van der Waals surface area contributed by atoms with E-state index in [1.807, 2.05) is 0 Å². The number of carbonyl (C=O) groups is 1. The standard InChI is InChI=1S/C17H14N2O5S/c1-24-14-10-12(7-8-13(14)17(20)21)19-25(22,23)15-6-2-4-11-5-3-9-18-16(11)15/h2-10,19H,1H3,(H,20,21). The summed E-state index contributed by atoms with van der Waals surface area (Å²) in [6.07, 6.45) is 1.52. The first-order valence-electron chi connectivity index (χ1n) is 7.20. The number of ether oxygens (including phenoxy) is 1. The molecule has 0 amide bonds. The summed E-state index contributed by atoms with van der Waals surface area (Å²) in [7, 11) is -2.60. The summed E-state index contributed by atoms with van der Waals surface area (Å²) in [6, 6.07) is 12.3. The maximum Gasteiger partial charge on any atom is 0.339 e. The molecule has 0 unspecified atom stereocenters. The first-order chi connectivity index (χ1) is 11.9. The summed E-state index contributed by atoms with van der Waals surface area (Å²) in [5.41, 5.74) is 0.485. The summed E-state index contributed by atoms with van der Waals surface area (Å²) in [4.78, 5) is 15.3. The average Bonchev–Trinajstić information content (AvgIpc) is 2.60. The third-order valence-corrected chi connectivity index (χ3v) is 4.98. The molecule has 25 heavy (non-hydrogen) atoms. The number of fused-ring (bicyclic) bond motifs is 1. The number of sulfonamides is 1. The highest BCUT2D eigenvalue weighted by molar-refractivity contribution is 7.93. The smallest absolute Gasteiger partial charge is 0.339 e. The number of carboxylic acids is 1. The molecule has 0 fully saturated rings. The van der Waals surface area contributed by atoms with Gasteiger partial charge in [-0.25, -0.2) is 13.2 Å². The van der Waals surface area contributed by atoms with Gasteiger partial charge >= 0.3 is 5.97 Å². The normalized spacial score (nSPS) is 11.2. The SMILES string of the molecule is COc1cc(NS(=O)(=O)c2cccc3cccnc23)ccc1C(=O)O. The zero-order chi connectivity index (χ0) is 18.0. The van der Waals surface area contributed by atoms with E-state index in [-0.39, 0.29) is 21.9 Å². The Balaban J connectivity index is 2.03. The van der Waals surface area contributed by atoms with Gasteiger partial charge in [-0.05, 0) is 24.3 Å². The molecular weight excluding hydrogens is 344 g/mol. The van der Waals surface area contributed by atoms with Gasteiger partial charge in [0.2, 0.25) is 0 Å². The Morgan fingerprint density at radius 1 is 1.16 bits per heavy atom. The van der Waals surface area contributed by atoms with E-state index in [0.29, 0.717) is 10.9 Å². The molecule has 0 bridgehead atoms. The van der Waals surface area contributed by atoms with Gasteiger partial charge in [0.1, 0.15) is 16.2 Å². The number of nitrogens with one attached hydrogen (secondary N) is 1. The van der Waals surface area contributed by atoms with Crippen molar-refractivity contribution >= 4 is 32.6 Å². The topological polar surface area (TPSA) is 106 Å². The molecule has 8 heteroatoms. The predicted molar refractivity (Wildman–Crippen MR) is 92.5 cm³/mol. The lowest BCUT2D eigenvalue weighted by Gasteiger charge is -2.12. The van der Waals surface area contributed by atoms with E-state index in [4.69, 9.17) is 9.84 Å². The van der Waals surface area contributed by atoms with Crippen LogP contribution < -0.4 is 9.46 Å². The summed E-state index contributed by atoms with van der Waals surface area (Å²) in [6.45, 7) is 0. The lowest BCUT2D eigenvalue weighted by molar-refractivity contribution is 0.0693. The Bertz CT molecular complexity index is 1060. The summed E-state index contributed by atoms with van der Waals surface area (Å²) in [5, 5.41) is 9.79. The maximum atomic E-state index is 12.7. The number of benzene rings is 2. The number of hydrogen-bond donors (Lipinski definition) is 2.